The number of carbonyl (C=O) groups is 2. The molecule has 3 rings (SSSR count). The van der Waals surface area contributed by atoms with E-state index in [1.165, 1.54) is 5.56 Å². The van der Waals surface area contributed by atoms with Crippen molar-refractivity contribution in [2.24, 2.45) is 0 Å². The number of benzene rings is 2. The Labute approximate surface area is 146 Å². The van der Waals surface area contributed by atoms with Gasteiger partial charge in [-0.3, -0.25) is 4.79 Å². The van der Waals surface area contributed by atoms with Gasteiger partial charge < -0.3 is 14.7 Å². The third-order valence-electron chi connectivity index (χ3n) is 4.50. The number of amides is 1. The topological polar surface area (TPSA) is 66.8 Å². The molecule has 0 saturated carbocycles. The maximum atomic E-state index is 12.7. The zero-order chi connectivity index (χ0) is 17.6. The summed E-state index contributed by atoms with van der Waals surface area (Å²) in [5.74, 6) is -0.185. The molecular weight excluding hydrogens is 318 g/mol. The first-order valence-electron chi connectivity index (χ1n) is 8.42. The van der Waals surface area contributed by atoms with Crippen molar-refractivity contribution in [1.82, 2.24) is 4.90 Å². The minimum absolute atomic E-state index is 0.0349. The lowest BCUT2D eigenvalue weighted by molar-refractivity contribution is -0.139. The van der Waals surface area contributed by atoms with Crippen LogP contribution in [0.5, 0.6) is 5.75 Å². The van der Waals surface area contributed by atoms with Gasteiger partial charge >= 0.3 is 5.97 Å². The molecule has 2 aromatic carbocycles. The van der Waals surface area contributed by atoms with E-state index in [1.54, 1.807) is 24.3 Å². The molecule has 5 nitrogen and oxygen atoms in total. The van der Waals surface area contributed by atoms with E-state index in [1.807, 2.05) is 11.0 Å². The Morgan fingerprint density at radius 2 is 1.76 bits per heavy atom. The molecule has 1 N–H and O–H groups in total. The summed E-state index contributed by atoms with van der Waals surface area (Å²) in [4.78, 5) is 25.1. The van der Waals surface area contributed by atoms with Gasteiger partial charge in [-0.25, -0.2) is 4.79 Å². The second-order valence-corrected chi connectivity index (χ2v) is 6.19. The molecule has 1 amide bonds. The minimum Gasteiger partial charge on any atom is -0.482 e. The first-order valence-corrected chi connectivity index (χ1v) is 8.42. The number of hydrogen-bond donors (Lipinski definition) is 1. The summed E-state index contributed by atoms with van der Waals surface area (Å²) in [6, 6.07) is 17.1. The van der Waals surface area contributed by atoms with Crippen LogP contribution in [0, 0.1) is 0 Å². The lowest BCUT2D eigenvalue weighted by Crippen LogP contribution is -2.37. The van der Waals surface area contributed by atoms with Crippen LogP contribution in [0.4, 0.5) is 0 Å². The number of piperidine rings is 1. The van der Waals surface area contributed by atoms with Gasteiger partial charge in [0.2, 0.25) is 0 Å². The third kappa shape index (κ3) is 4.38. The van der Waals surface area contributed by atoms with Crippen molar-refractivity contribution in [2.75, 3.05) is 19.7 Å². The highest BCUT2D eigenvalue weighted by Gasteiger charge is 2.24. The first kappa shape index (κ1) is 17.0. The molecule has 0 aliphatic carbocycles. The van der Waals surface area contributed by atoms with Gasteiger partial charge in [0.1, 0.15) is 5.75 Å². The molecule has 2 aromatic rings. The fraction of sp³-hybridized carbons (Fsp3) is 0.300. The van der Waals surface area contributed by atoms with Gasteiger partial charge in [-0.1, -0.05) is 36.4 Å². The number of carboxylic acid groups (broad SMARTS) is 1. The maximum Gasteiger partial charge on any atom is 0.341 e. The molecule has 5 heteroatoms. The van der Waals surface area contributed by atoms with Gasteiger partial charge in [-0.05, 0) is 42.5 Å². The summed E-state index contributed by atoms with van der Waals surface area (Å²) in [5, 5.41) is 8.68. The lowest BCUT2D eigenvalue weighted by Gasteiger charge is -2.32. The van der Waals surface area contributed by atoms with Crippen molar-refractivity contribution in [3.63, 3.8) is 0 Å². The normalized spacial score (nSPS) is 15.0. The monoisotopic (exact) mass is 339 g/mol. The zero-order valence-electron chi connectivity index (χ0n) is 13.9. The van der Waals surface area contributed by atoms with E-state index >= 15 is 0 Å². The SMILES string of the molecule is O=C(O)COc1cccc(C(=O)N2CCC(c3ccccc3)CC2)c1. The molecule has 0 spiro atoms. The average Bonchev–Trinajstić information content (AvgIpc) is 2.67. The van der Waals surface area contributed by atoms with E-state index < -0.39 is 12.6 Å². The van der Waals surface area contributed by atoms with Crippen LogP contribution in [-0.4, -0.2) is 41.6 Å². The van der Waals surface area contributed by atoms with Crippen LogP contribution in [0.3, 0.4) is 0 Å². The van der Waals surface area contributed by atoms with E-state index in [0.717, 1.165) is 25.9 Å². The number of carboxylic acids is 1. The Balaban J connectivity index is 1.61. The Morgan fingerprint density at radius 1 is 1.04 bits per heavy atom. The standard InChI is InChI=1S/C20H21NO4/c22-19(23)14-25-18-8-4-7-17(13-18)20(24)21-11-9-16(10-12-21)15-5-2-1-3-6-15/h1-8,13,16H,9-12,14H2,(H,22,23). The van der Waals surface area contributed by atoms with E-state index in [4.69, 9.17) is 9.84 Å². The van der Waals surface area contributed by atoms with Crippen LogP contribution < -0.4 is 4.74 Å². The van der Waals surface area contributed by atoms with Gasteiger partial charge in [0.15, 0.2) is 6.61 Å². The smallest absolute Gasteiger partial charge is 0.341 e. The van der Waals surface area contributed by atoms with Crippen LogP contribution in [0.1, 0.15) is 34.7 Å². The number of aliphatic carboxylic acids is 1. The van der Waals surface area contributed by atoms with Crippen LogP contribution in [0.2, 0.25) is 0 Å². The van der Waals surface area contributed by atoms with E-state index in [2.05, 4.69) is 24.3 Å². The Hall–Kier alpha value is -2.82. The third-order valence-corrected chi connectivity index (χ3v) is 4.50. The summed E-state index contributed by atoms with van der Waals surface area (Å²) < 4.78 is 5.15. The molecule has 1 aliphatic rings. The van der Waals surface area contributed by atoms with E-state index in [-0.39, 0.29) is 5.91 Å². The molecule has 0 bridgehead atoms. The molecule has 0 aromatic heterocycles. The minimum atomic E-state index is -1.04. The number of carbonyl (C=O) groups excluding carboxylic acids is 1. The fourth-order valence-corrected chi connectivity index (χ4v) is 3.19. The van der Waals surface area contributed by atoms with E-state index in [0.29, 0.717) is 17.2 Å². The predicted octanol–water partition coefficient (Wildman–Crippen LogP) is 3.17. The molecule has 130 valence electrons. The first-order chi connectivity index (χ1) is 12.1. The summed E-state index contributed by atoms with van der Waals surface area (Å²) in [5.41, 5.74) is 1.86. The molecule has 1 heterocycles. The maximum absolute atomic E-state index is 12.7. The quantitative estimate of drug-likeness (QED) is 0.908. The second-order valence-electron chi connectivity index (χ2n) is 6.19. The van der Waals surface area contributed by atoms with Crippen molar-refractivity contribution < 1.29 is 19.4 Å². The highest BCUT2D eigenvalue weighted by Crippen LogP contribution is 2.28. The summed E-state index contributed by atoms with van der Waals surface area (Å²) >= 11 is 0. The molecule has 1 fully saturated rings. The van der Waals surface area contributed by atoms with Crippen LogP contribution in [0.25, 0.3) is 0 Å². The van der Waals surface area contributed by atoms with Gasteiger partial charge in [0.05, 0.1) is 0 Å². The number of rotatable bonds is 5. The second kappa shape index (κ2) is 7.83. The Bertz CT molecular complexity index is 736. The number of likely N-dealkylation sites (tertiary alicyclic amines) is 1. The van der Waals surface area contributed by atoms with E-state index in [9.17, 15) is 9.59 Å². The highest BCUT2D eigenvalue weighted by atomic mass is 16.5. The molecule has 25 heavy (non-hydrogen) atoms. The van der Waals surface area contributed by atoms with Crippen molar-refractivity contribution in [3.8, 4) is 5.75 Å². The molecule has 0 atom stereocenters. The molecular formula is C20H21NO4. The number of ether oxygens (including phenoxy) is 1. The van der Waals surface area contributed by atoms with Crippen LogP contribution in [0.15, 0.2) is 54.6 Å². The molecule has 0 unspecified atom stereocenters. The fourth-order valence-electron chi connectivity index (χ4n) is 3.19. The van der Waals surface area contributed by atoms with Crippen molar-refractivity contribution in [2.45, 2.75) is 18.8 Å². The van der Waals surface area contributed by atoms with Crippen molar-refractivity contribution >= 4 is 11.9 Å². The lowest BCUT2D eigenvalue weighted by atomic mass is 9.89. The molecule has 1 saturated heterocycles. The average molecular weight is 339 g/mol. The Kier molecular flexibility index (Phi) is 5.33. The van der Waals surface area contributed by atoms with Crippen molar-refractivity contribution in [1.29, 1.82) is 0 Å². The molecule has 1 aliphatic heterocycles. The molecule has 0 radical (unpaired) electrons. The van der Waals surface area contributed by atoms with Crippen molar-refractivity contribution in [3.05, 3.63) is 65.7 Å². The van der Waals surface area contributed by atoms with Crippen LogP contribution in [-0.2, 0) is 4.79 Å². The number of nitrogens with zero attached hydrogens (tertiary/aromatic N) is 1. The summed E-state index contributed by atoms with van der Waals surface area (Å²) in [7, 11) is 0. The number of hydrogen-bond acceptors (Lipinski definition) is 3. The van der Waals surface area contributed by atoms with Gasteiger partial charge in [0.25, 0.3) is 5.91 Å². The van der Waals surface area contributed by atoms with Crippen LogP contribution >= 0.6 is 0 Å². The zero-order valence-corrected chi connectivity index (χ0v) is 13.9. The Morgan fingerprint density at radius 3 is 2.44 bits per heavy atom. The summed E-state index contributed by atoms with van der Waals surface area (Å²) in [6.45, 7) is 1.03. The highest BCUT2D eigenvalue weighted by molar-refractivity contribution is 5.94. The largest absolute Gasteiger partial charge is 0.482 e. The van der Waals surface area contributed by atoms with Gasteiger partial charge in [-0.15, -0.1) is 0 Å². The predicted molar refractivity (Wildman–Crippen MR) is 93.9 cm³/mol. The summed E-state index contributed by atoms with van der Waals surface area (Å²) in [6.07, 6.45) is 1.90. The van der Waals surface area contributed by atoms with Gasteiger partial charge in [0, 0.05) is 18.7 Å². The van der Waals surface area contributed by atoms with Gasteiger partial charge in [-0.2, -0.15) is 0 Å².